The summed E-state index contributed by atoms with van der Waals surface area (Å²) < 4.78 is 23.6. The van der Waals surface area contributed by atoms with E-state index in [-0.39, 0.29) is 19.1 Å². The molecule has 0 fully saturated rings. The summed E-state index contributed by atoms with van der Waals surface area (Å²) in [6, 6.07) is -0.862. The standard InChI is InChI=1S/C53H99N2O6P/c1-6-8-10-12-14-16-18-20-22-24-25-26-27-28-29-31-32-34-36-38-40-42-44-46-52(56)51(50-61-62(58,59)60-49-48-55(3,4)5)54-53(57)47-45-43-41-39-37-35-33-30-23-21-19-17-15-13-11-9-7-2/h9,11,15,17,21,23,33,35,44,46,51-52,56H,6-8,10,12-14,16,18-20,22,24-32,34,36-43,45,47-50H2,1-5H3,(H-,54,57,58,59)/p+1/b11-9-,17-15-,23-21-,35-33-,46-44+. The zero-order valence-electron chi connectivity index (χ0n) is 41.1. The minimum absolute atomic E-state index is 0.0541. The van der Waals surface area contributed by atoms with E-state index in [0.29, 0.717) is 17.4 Å². The molecule has 1 amide bonds. The lowest BCUT2D eigenvalue weighted by molar-refractivity contribution is -0.870. The van der Waals surface area contributed by atoms with Crippen molar-refractivity contribution in [1.29, 1.82) is 0 Å². The Morgan fingerprint density at radius 2 is 0.968 bits per heavy atom. The van der Waals surface area contributed by atoms with Gasteiger partial charge in [0.05, 0.1) is 39.9 Å². The van der Waals surface area contributed by atoms with Gasteiger partial charge in [-0.15, -0.1) is 0 Å². The molecule has 0 aliphatic heterocycles. The van der Waals surface area contributed by atoms with Crippen LogP contribution in [0.5, 0.6) is 0 Å². The Bertz CT molecular complexity index is 1190. The number of aliphatic hydroxyl groups is 1. The number of nitrogens with zero attached hydrogens (tertiary/aromatic N) is 1. The van der Waals surface area contributed by atoms with Crippen molar-refractivity contribution in [1.82, 2.24) is 5.32 Å². The minimum Gasteiger partial charge on any atom is -0.387 e. The van der Waals surface area contributed by atoms with Crippen molar-refractivity contribution in [2.75, 3.05) is 40.9 Å². The number of carbonyl (C=O) groups is 1. The highest BCUT2D eigenvalue weighted by atomic mass is 31.2. The van der Waals surface area contributed by atoms with Crippen molar-refractivity contribution in [3.8, 4) is 0 Å². The van der Waals surface area contributed by atoms with E-state index in [9.17, 15) is 19.4 Å². The number of phosphoric acid groups is 1. The van der Waals surface area contributed by atoms with Crippen molar-refractivity contribution in [2.24, 2.45) is 0 Å². The van der Waals surface area contributed by atoms with Gasteiger partial charge < -0.3 is 19.8 Å². The highest BCUT2D eigenvalue weighted by Gasteiger charge is 2.27. The van der Waals surface area contributed by atoms with Gasteiger partial charge in [-0.3, -0.25) is 13.8 Å². The van der Waals surface area contributed by atoms with Crippen molar-refractivity contribution in [3.05, 3.63) is 60.8 Å². The van der Waals surface area contributed by atoms with Crippen LogP contribution in [-0.2, 0) is 18.4 Å². The lowest BCUT2D eigenvalue weighted by atomic mass is 10.0. The van der Waals surface area contributed by atoms with Gasteiger partial charge in [0.15, 0.2) is 0 Å². The highest BCUT2D eigenvalue weighted by Crippen LogP contribution is 2.43. The average molecular weight is 892 g/mol. The SMILES string of the molecule is CC/C=C\C/C=C\C/C=C\C/C=C\CCCCCCC(=O)NC(COP(=O)(O)OCC[N+](C)(C)C)C(O)/C=C/CCCCCCCCCCCCCCCCCCCCCCC. The first kappa shape index (κ1) is 60.2. The molecule has 62 heavy (non-hydrogen) atoms. The van der Waals surface area contributed by atoms with E-state index in [4.69, 9.17) is 9.05 Å². The molecule has 0 rings (SSSR count). The predicted octanol–water partition coefficient (Wildman–Crippen LogP) is 15.0. The summed E-state index contributed by atoms with van der Waals surface area (Å²) in [6.45, 7) is 4.69. The molecule has 0 aliphatic rings. The number of rotatable bonds is 46. The topological polar surface area (TPSA) is 105 Å². The monoisotopic (exact) mass is 892 g/mol. The summed E-state index contributed by atoms with van der Waals surface area (Å²) in [4.78, 5) is 23.2. The van der Waals surface area contributed by atoms with Gasteiger partial charge in [0.25, 0.3) is 0 Å². The van der Waals surface area contributed by atoms with Crippen LogP contribution in [0.2, 0.25) is 0 Å². The van der Waals surface area contributed by atoms with Gasteiger partial charge >= 0.3 is 7.82 Å². The Balaban J connectivity index is 4.34. The lowest BCUT2D eigenvalue weighted by Gasteiger charge is -2.25. The van der Waals surface area contributed by atoms with Crippen molar-refractivity contribution in [2.45, 2.75) is 231 Å². The van der Waals surface area contributed by atoms with E-state index in [1.54, 1.807) is 6.08 Å². The van der Waals surface area contributed by atoms with Crippen LogP contribution in [0.15, 0.2) is 60.8 Å². The third-order valence-electron chi connectivity index (χ3n) is 11.2. The normalized spacial score (nSPS) is 14.6. The second kappa shape index (κ2) is 44.4. The molecule has 8 nitrogen and oxygen atoms in total. The number of carbonyl (C=O) groups excluding carboxylic acids is 1. The third-order valence-corrected chi connectivity index (χ3v) is 12.2. The van der Waals surface area contributed by atoms with E-state index in [2.05, 4.69) is 67.8 Å². The van der Waals surface area contributed by atoms with Gasteiger partial charge in [0.2, 0.25) is 5.91 Å². The molecule has 9 heteroatoms. The fourth-order valence-electron chi connectivity index (χ4n) is 7.21. The molecule has 3 atom stereocenters. The Kier molecular flexibility index (Phi) is 43.1. The number of hydrogen-bond acceptors (Lipinski definition) is 5. The first-order valence-electron chi connectivity index (χ1n) is 25.7. The molecule has 0 saturated heterocycles. The number of hydrogen-bond donors (Lipinski definition) is 3. The maximum atomic E-state index is 12.9. The molecule has 0 aromatic carbocycles. The number of quaternary nitrogens is 1. The summed E-state index contributed by atoms with van der Waals surface area (Å²) in [6.07, 6.45) is 58.8. The van der Waals surface area contributed by atoms with E-state index in [0.717, 1.165) is 77.0 Å². The Morgan fingerprint density at radius 1 is 0.565 bits per heavy atom. The minimum atomic E-state index is -4.35. The van der Waals surface area contributed by atoms with E-state index < -0.39 is 20.0 Å². The summed E-state index contributed by atoms with van der Waals surface area (Å²) in [5.41, 5.74) is 0. The van der Waals surface area contributed by atoms with Crippen LogP contribution >= 0.6 is 7.82 Å². The molecule has 0 aliphatic carbocycles. The molecule has 0 aromatic heterocycles. The van der Waals surface area contributed by atoms with Gasteiger partial charge in [-0.2, -0.15) is 0 Å². The molecule has 0 radical (unpaired) electrons. The molecule has 0 aromatic rings. The van der Waals surface area contributed by atoms with E-state index in [1.165, 1.54) is 122 Å². The maximum Gasteiger partial charge on any atom is 0.472 e. The number of likely N-dealkylation sites (N-methyl/N-ethyl adjacent to an activating group) is 1. The highest BCUT2D eigenvalue weighted by molar-refractivity contribution is 7.47. The van der Waals surface area contributed by atoms with Crippen molar-refractivity contribution >= 4 is 13.7 Å². The summed E-state index contributed by atoms with van der Waals surface area (Å²) in [7, 11) is 1.55. The number of aliphatic hydroxyl groups excluding tert-OH is 1. The molecular formula is C53H100N2O6P+. The van der Waals surface area contributed by atoms with Gasteiger partial charge in [0.1, 0.15) is 13.2 Å². The Labute approximate surface area is 383 Å². The van der Waals surface area contributed by atoms with Crippen LogP contribution in [0.4, 0.5) is 0 Å². The van der Waals surface area contributed by atoms with E-state index >= 15 is 0 Å². The van der Waals surface area contributed by atoms with Gasteiger partial charge in [-0.25, -0.2) is 4.57 Å². The molecule has 0 saturated carbocycles. The van der Waals surface area contributed by atoms with Crippen molar-refractivity contribution in [3.63, 3.8) is 0 Å². The van der Waals surface area contributed by atoms with Gasteiger partial charge in [0, 0.05) is 6.42 Å². The molecule has 0 heterocycles. The Morgan fingerprint density at radius 3 is 1.42 bits per heavy atom. The maximum absolute atomic E-state index is 12.9. The predicted molar refractivity (Wildman–Crippen MR) is 267 cm³/mol. The van der Waals surface area contributed by atoms with E-state index in [1.807, 2.05) is 27.2 Å². The Hall–Kier alpha value is -1.80. The number of amides is 1. The first-order valence-corrected chi connectivity index (χ1v) is 27.2. The number of phosphoric ester groups is 1. The molecule has 0 spiro atoms. The summed E-state index contributed by atoms with van der Waals surface area (Å²) in [5, 5.41) is 13.9. The molecule has 0 bridgehead atoms. The molecule has 362 valence electrons. The zero-order valence-corrected chi connectivity index (χ0v) is 42.0. The largest absolute Gasteiger partial charge is 0.472 e. The lowest BCUT2D eigenvalue weighted by Crippen LogP contribution is -2.45. The average Bonchev–Trinajstić information content (AvgIpc) is 3.23. The van der Waals surface area contributed by atoms with Gasteiger partial charge in [-0.05, 0) is 57.8 Å². The molecule has 3 unspecified atom stereocenters. The van der Waals surface area contributed by atoms with Crippen LogP contribution < -0.4 is 5.32 Å². The second-order valence-electron chi connectivity index (χ2n) is 18.5. The smallest absolute Gasteiger partial charge is 0.387 e. The van der Waals surface area contributed by atoms with Crippen molar-refractivity contribution < 1.29 is 32.9 Å². The first-order chi connectivity index (χ1) is 30.0. The fourth-order valence-corrected chi connectivity index (χ4v) is 7.95. The quantitative estimate of drug-likeness (QED) is 0.0243. The van der Waals surface area contributed by atoms with Crippen LogP contribution in [0.25, 0.3) is 0 Å². The number of unbranched alkanes of at least 4 members (excludes halogenated alkanes) is 25. The third kappa shape index (κ3) is 46.2. The molecular weight excluding hydrogens is 792 g/mol. The van der Waals surface area contributed by atoms with Crippen LogP contribution in [-0.4, -0.2) is 73.4 Å². The number of nitrogens with one attached hydrogen (secondary N) is 1. The van der Waals surface area contributed by atoms with Crippen LogP contribution in [0.1, 0.15) is 219 Å². The molecule has 3 N–H and O–H groups in total. The second-order valence-corrected chi connectivity index (χ2v) is 20.0. The van der Waals surface area contributed by atoms with Gasteiger partial charge in [-0.1, -0.05) is 216 Å². The van der Waals surface area contributed by atoms with Crippen LogP contribution in [0.3, 0.4) is 0 Å². The zero-order chi connectivity index (χ0) is 45.7. The number of allylic oxidation sites excluding steroid dienone is 9. The summed E-state index contributed by atoms with van der Waals surface area (Å²) in [5.74, 6) is -0.201. The van der Waals surface area contributed by atoms with Crippen LogP contribution in [0, 0.1) is 0 Å². The summed E-state index contributed by atoms with van der Waals surface area (Å²) >= 11 is 0. The fraction of sp³-hybridized carbons (Fsp3) is 0.792.